The molecule has 2 heteroatoms. The number of rotatable bonds is 1. The van der Waals surface area contributed by atoms with Crippen molar-refractivity contribution in [2.24, 2.45) is 0 Å². The molecule has 2 aromatic rings. The van der Waals surface area contributed by atoms with Crippen molar-refractivity contribution in [1.82, 2.24) is 0 Å². The van der Waals surface area contributed by atoms with Crippen LogP contribution in [0.15, 0.2) is 30.3 Å². The second kappa shape index (κ2) is 6.10. The monoisotopic (exact) mass is 242 g/mol. The summed E-state index contributed by atoms with van der Waals surface area (Å²) in [5.41, 5.74) is 15.4. The first-order valence-electron chi connectivity index (χ1n) is 6.34. The van der Waals surface area contributed by atoms with Gasteiger partial charge in [-0.15, -0.1) is 0 Å². The predicted octanol–water partition coefficient (Wildman–Crippen LogP) is 4.37. The number of aryl methyl sites for hydroxylation is 1. The summed E-state index contributed by atoms with van der Waals surface area (Å²) in [6.45, 7) is 8.11. The second-order valence-electron chi connectivity index (χ2n) is 4.00. The van der Waals surface area contributed by atoms with Crippen LogP contribution in [0.25, 0.3) is 16.8 Å². The molecule has 0 atom stereocenters. The Labute approximate surface area is 109 Å². The minimum absolute atomic E-state index is 0.641. The molecule has 0 aliphatic heterocycles. The molecule has 0 amide bonds. The van der Waals surface area contributed by atoms with E-state index in [0.717, 1.165) is 10.8 Å². The number of allylic oxidation sites excluding steroid dienone is 1. The van der Waals surface area contributed by atoms with Crippen LogP contribution in [0.5, 0.6) is 0 Å². The molecule has 0 fully saturated rings. The van der Waals surface area contributed by atoms with Gasteiger partial charge >= 0.3 is 0 Å². The van der Waals surface area contributed by atoms with Crippen molar-refractivity contribution in [3.8, 4) is 0 Å². The van der Waals surface area contributed by atoms with Crippen LogP contribution in [0.1, 0.15) is 31.9 Å². The predicted molar refractivity (Wildman–Crippen MR) is 83.6 cm³/mol. The highest BCUT2D eigenvalue weighted by Crippen LogP contribution is 2.29. The van der Waals surface area contributed by atoms with Gasteiger partial charge in [0.1, 0.15) is 0 Å². The summed E-state index contributed by atoms with van der Waals surface area (Å²) >= 11 is 0. The molecular weight excluding hydrogens is 220 g/mol. The zero-order valence-electron chi connectivity index (χ0n) is 11.6. The minimum atomic E-state index is 0.641. The standard InChI is InChI=1S/C14H16N2.C2H6/c1-3-4-11-9(2)5-6-10-7-13(15)14(16)8-12(10)11;1-2/h3-8H,15-16H2,1-2H3;1-2H3/b4-3-;. The molecule has 0 aromatic heterocycles. The first-order chi connectivity index (χ1) is 8.63. The first kappa shape index (κ1) is 14.1. The van der Waals surface area contributed by atoms with Crippen LogP contribution in [-0.4, -0.2) is 0 Å². The fourth-order valence-electron chi connectivity index (χ4n) is 1.93. The molecule has 0 unspecified atom stereocenters. The van der Waals surface area contributed by atoms with Gasteiger partial charge in [-0.1, -0.05) is 38.1 Å². The van der Waals surface area contributed by atoms with Crippen LogP contribution in [0.3, 0.4) is 0 Å². The summed E-state index contributed by atoms with van der Waals surface area (Å²) in [6, 6.07) is 8.06. The third kappa shape index (κ3) is 2.65. The Morgan fingerprint density at radius 1 is 1.00 bits per heavy atom. The van der Waals surface area contributed by atoms with E-state index < -0.39 is 0 Å². The summed E-state index contributed by atoms with van der Waals surface area (Å²) in [5, 5.41) is 2.29. The molecule has 0 bridgehead atoms. The van der Waals surface area contributed by atoms with E-state index in [1.807, 2.05) is 39.0 Å². The fraction of sp³-hybridized carbons (Fsp3) is 0.250. The van der Waals surface area contributed by atoms with Crippen LogP contribution in [0.2, 0.25) is 0 Å². The lowest BCUT2D eigenvalue weighted by Gasteiger charge is -2.09. The topological polar surface area (TPSA) is 52.0 Å². The first-order valence-corrected chi connectivity index (χ1v) is 6.34. The number of nitrogen functional groups attached to an aromatic ring is 2. The van der Waals surface area contributed by atoms with Crippen molar-refractivity contribution in [1.29, 1.82) is 0 Å². The maximum absolute atomic E-state index is 5.85. The van der Waals surface area contributed by atoms with Gasteiger partial charge in [-0.05, 0) is 47.9 Å². The highest BCUT2D eigenvalue weighted by molar-refractivity contribution is 5.97. The molecule has 96 valence electrons. The number of hydrogen-bond donors (Lipinski definition) is 2. The number of hydrogen-bond acceptors (Lipinski definition) is 2. The highest BCUT2D eigenvalue weighted by atomic mass is 14.7. The third-order valence-corrected chi connectivity index (χ3v) is 2.82. The SMILES string of the molecule is C/C=C\c1c(C)ccc2cc(N)c(N)cc12.CC. The zero-order chi connectivity index (χ0) is 13.7. The smallest absolute Gasteiger partial charge is 0.0554 e. The molecule has 2 aromatic carbocycles. The van der Waals surface area contributed by atoms with E-state index >= 15 is 0 Å². The summed E-state index contributed by atoms with van der Waals surface area (Å²) < 4.78 is 0. The maximum Gasteiger partial charge on any atom is 0.0554 e. The van der Waals surface area contributed by atoms with E-state index in [2.05, 4.69) is 25.1 Å². The largest absolute Gasteiger partial charge is 0.397 e. The van der Waals surface area contributed by atoms with Gasteiger partial charge in [0.05, 0.1) is 11.4 Å². The molecule has 0 radical (unpaired) electrons. The average molecular weight is 242 g/mol. The van der Waals surface area contributed by atoms with Crippen molar-refractivity contribution in [2.75, 3.05) is 11.5 Å². The molecule has 0 spiro atoms. The van der Waals surface area contributed by atoms with E-state index in [1.54, 1.807) is 0 Å². The Hall–Kier alpha value is -1.96. The Morgan fingerprint density at radius 2 is 1.61 bits per heavy atom. The molecule has 2 nitrogen and oxygen atoms in total. The van der Waals surface area contributed by atoms with Crippen molar-refractivity contribution in [3.63, 3.8) is 0 Å². The molecule has 0 saturated carbocycles. The Bertz CT molecular complexity index is 569. The van der Waals surface area contributed by atoms with Gasteiger partial charge in [-0.3, -0.25) is 0 Å². The minimum Gasteiger partial charge on any atom is -0.397 e. The normalized spacial score (nSPS) is 10.4. The third-order valence-electron chi connectivity index (χ3n) is 2.82. The van der Waals surface area contributed by atoms with Crippen LogP contribution >= 0.6 is 0 Å². The summed E-state index contributed by atoms with van der Waals surface area (Å²) in [7, 11) is 0. The highest BCUT2D eigenvalue weighted by Gasteiger charge is 2.04. The molecule has 18 heavy (non-hydrogen) atoms. The molecular formula is C16H22N2. The quantitative estimate of drug-likeness (QED) is 0.729. The lowest BCUT2D eigenvalue weighted by Crippen LogP contribution is -1.95. The van der Waals surface area contributed by atoms with Crippen LogP contribution in [-0.2, 0) is 0 Å². The summed E-state index contributed by atoms with van der Waals surface area (Å²) in [4.78, 5) is 0. The van der Waals surface area contributed by atoms with Gasteiger partial charge in [0, 0.05) is 0 Å². The van der Waals surface area contributed by atoms with Crippen LogP contribution < -0.4 is 11.5 Å². The molecule has 2 rings (SSSR count). The molecule has 0 aliphatic carbocycles. The zero-order valence-corrected chi connectivity index (χ0v) is 11.6. The van der Waals surface area contributed by atoms with Gasteiger partial charge in [-0.2, -0.15) is 0 Å². The van der Waals surface area contributed by atoms with Crippen molar-refractivity contribution >= 4 is 28.2 Å². The van der Waals surface area contributed by atoms with Crippen molar-refractivity contribution in [3.05, 3.63) is 41.5 Å². The fourth-order valence-corrected chi connectivity index (χ4v) is 1.93. The molecule has 0 saturated heterocycles. The Kier molecular flexibility index (Phi) is 4.78. The maximum atomic E-state index is 5.85. The van der Waals surface area contributed by atoms with Gasteiger partial charge in [0.15, 0.2) is 0 Å². The van der Waals surface area contributed by atoms with E-state index in [9.17, 15) is 0 Å². The molecule has 0 heterocycles. The summed E-state index contributed by atoms with van der Waals surface area (Å²) in [5.74, 6) is 0. The lowest BCUT2D eigenvalue weighted by molar-refractivity contribution is 1.47. The average Bonchev–Trinajstić information content (AvgIpc) is 2.38. The summed E-state index contributed by atoms with van der Waals surface area (Å²) in [6.07, 6.45) is 4.14. The molecule has 0 aliphatic rings. The van der Waals surface area contributed by atoms with E-state index in [4.69, 9.17) is 11.5 Å². The lowest BCUT2D eigenvalue weighted by atomic mass is 9.98. The Balaban J connectivity index is 0.000000771. The van der Waals surface area contributed by atoms with E-state index in [0.29, 0.717) is 11.4 Å². The number of fused-ring (bicyclic) bond motifs is 1. The van der Waals surface area contributed by atoms with E-state index in [1.165, 1.54) is 11.1 Å². The van der Waals surface area contributed by atoms with Gasteiger partial charge in [0.25, 0.3) is 0 Å². The van der Waals surface area contributed by atoms with Crippen molar-refractivity contribution in [2.45, 2.75) is 27.7 Å². The van der Waals surface area contributed by atoms with E-state index in [-0.39, 0.29) is 0 Å². The van der Waals surface area contributed by atoms with Crippen molar-refractivity contribution < 1.29 is 0 Å². The van der Waals surface area contributed by atoms with Gasteiger partial charge in [0.2, 0.25) is 0 Å². The van der Waals surface area contributed by atoms with Gasteiger partial charge < -0.3 is 11.5 Å². The second-order valence-corrected chi connectivity index (χ2v) is 4.00. The van der Waals surface area contributed by atoms with Gasteiger partial charge in [-0.25, -0.2) is 0 Å². The molecule has 4 N–H and O–H groups in total. The number of nitrogens with two attached hydrogens (primary N) is 2. The number of anilines is 2. The van der Waals surface area contributed by atoms with Crippen LogP contribution in [0, 0.1) is 6.92 Å². The van der Waals surface area contributed by atoms with Crippen LogP contribution in [0.4, 0.5) is 11.4 Å². The Morgan fingerprint density at radius 3 is 2.22 bits per heavy atom. The number of benzene rings is 2.